The van der Waals surface area contributed by atoms with Crippen LogP contribution < -0.4 is 19.7 Å². The molecule has 4 rings (SSSR count). The molecule has 1 aliphatic heterocycles. The number of ether oxygens (including phenoxy) is 2. The number of para-hydroxylation sites is 2. The van der Waals surface area contributed by atoms with Crippen molar-refractivity contribution >= 4 is 35.2 Å². The molecule has 168 valence electrons. The summed E-state index contributed by atoms with van der Waals surface area (Å²) in [7, 11) is 1.58. The first kappa shape index (κ1) is 22.4. The number of anilines is 1. The van der Waals surface area contributed by atoms with Gasteiger partial charge < -0.3 is 14.8 Å². The Kier molecular flexibility index (Phi) is 6.95. The molecule has 0 saturated carbocycles. The van der Waals surface area contributed by atoms with Crippen molar-refractivity contribution in [2.75, 3.05) is 25.1 Å². The van der Waals surface area contributed by atoms with Crippen LogP contribution in [0.25, 0.3) is 6.08 Å². The van der Waals surface area contributed by atoms with Crippen LogP contribution in [0.4, 0.5) is 5.69 Å². The summed E-state index contributed by atoms with van der Waals surface area (Å²) in [4.78, 5) is 27.3. The Bertz CT molecular complexity index is 1190. The van der Waals surface area contributed by atoms with E-state index >= 15 is 0 Å². The highest BCUT2D eigenvalue weighted by Crippen LogP contribution is 2.35. The van der Waals surface area contributed by atoms with Crippen LogP contribution in [0.3, 0.4) is 0 Å². The highest BCUT2D eigenvalue weighted by Gasteiger charge is 2.31. The molecule has 3 aromatic carbocycles. The molecule has 1 N–H and O–H groups in total. The largest absolute Gasteiger partial charge is 0.497 e. The maximum atomic E-state index is 13.2. The van der Waals surface area contributed by atoms with Crippen molar-refractivity contribution < 1.29 is 19.1 Å². The standard InChI is InChI=1S/C26H23ClN2O4/c1-32-21-6-4-5-19(15-21)16-24-26(31)29(22-7-2-3-8-23(22)33-24)17-25(30)28-14-13-18-9-11-20(27)12-10-18/h2-12,15-16H,13-14,17H2,1H3,(H,28,30). The van der Waals surface area contributed by atoms with Gasteiger partial charge in [-0.25, -0.2) is 0 Å². The Morgan fingerprint density at radius 2 is 1.88 bits per heavy atom. The van der Waals surface area contributed by atoms with Crippen LogP contribution in [0, 0.1) is 0 Å². The molecule has 0 saturated heterocycles. The lowest BCUT2D eigenvalue weighted by molar-refractivity contribution is -0.123. The minimum atomic E-state index is -0.385. The molecule has 2 amide bonds. The molecule has 0 fully saturated rings. The molecular formula is C26H23ClN2O4. The van der Waals surface area contributed by atoms with Gasteiger partial charge in [0.15, 0.2) is 11.5 Å². The van der Waals surface area contributed by atoms with Gasteiger partial charge in [0.05, 0.1) is 12.8 Å². The number of hydrogen-bond acceptors (Lipinski definition) is 4. The second-order valence-corrected chi connectivity index (χ2v) is 7.91. The van der Waals surface area contributed by atoms with E-state index in [1.54, 1.807) is 37.5 Å². The first-order valence-corrected chi connectivity index (χ1v) is 10.9. The molecule has 1 heterocycles. The van der Waals surface area contributed by atoms with E-state index < -0.39 is 0 Å². The van der Waals surface area contributed by atoms with E-state index in [4.69, 9.17) is 21.1 Å². The first-order chi connectivity index (χ1) is 16.0. The second-order valence-electron chi connectivity index (χ2n) is 7.47. The monoisotopic (exact) mass is 462 g/mol. The van der Waals surface area contributed by atoms with E-state index in [0.29, 0.717) is 35.2 Å². The van der Waals surface area contributed by atoms with Gasteiger partial charge in [0.1, 0.15) is 12.3 Å². The highest BCUT2D eigenvalue weighted by atomic mass is 35.5. The van der Waals surface area contributed by atoms with Gasteiger partial charge in [0.2, 0.25) is 5.91 Å². The molecule has 0 radical (unpaired) electrons. The van der Waals surface area contributed by atoms with Gasteiger partial charge in [-0.05, 0) is 60.0 Å². The topological polar surface area (TPSA) is 67.9 Å². The lowest BCUT2D eigenvalue weighted by atomic mass is 10.1. The van der Waals surface area contributed by atoms with E-state index in [2.05, 4.69) is 5.32 Å². The van der Waals surface area contributed by atoms with Crippen molar-refractivity contribution in [1.29, 1.82) is 0 Å². The number of methoxy groups -OCH3 is 1. The van der Waals surface area contributed by atoms with Crippen molar-refractivity contribution in [2.24, 2.45) is 0 Å². The number of fused-ring (bicyclic) bond motifs is 1. The first-order valence-electron chi connectivity index (χ1n) is 10.5. The third-order valence-corrected chi connectivity index (χ3v) is 5.43. The number of carbonyl (C=O) groups excluding carboxylic acids is 2. The minimum Gasteiger partial charge on any atom is -0.497 e. The summed E-state index contributed by atoms with van der Waals surface area (Å²) in [5, 5.41) is 3.55. The number of amides is 2. The van der Waals surface area contributed by atoms with Gasteiger partial charge in [-0.3, -0.25) is 14.5 Å². The molecule has 0 spiro atoms. The van der Waals surface area contributed by atoms with Crippen molar-refractivity contribution in [2.45, 2.75) is 6.42 Å². The predicted molar refractivity (Wildman–Crippen MR) is 129 cm³/mol. The zero-order chi connectivity index (χ0) is 23.2. The van der Waals surface area contributed by atoms with Crippen molar-refractivity contribution in [3.63, 3.8) is 0 Å². The number of halogens is 1. The van der Waals surface area contributed by atoms with Gasteiger partial charge >= 0.3 is 0 Å². The third kappa shape index (κ3) is 5.54. The molecule has 1 aliphatic rings. The summed E-state index contributed by atoms with van der Waals surface area (Å²) in [6.07, 6.45) is 2.31. The summed E-state index contributed by atoms with van der Waals surface area (Å²) in [5.74, 6) is 0.681. The van der Waals surface area contributed by atoms with Crippen LogP contribution in [-0.4, -0.2) is 32.0 Å². The third-order valence-electron chi connectivity index (χ3n) is 5.17. The number of carbonyl (C=O) groups is 2. The van der Waals surface area contributed by atoms with Crippen molar-refractivity contribution in [3.05, 3.63) is 94.7 Å². The summed E-state index contributed by atoms with van der Waals surface area (Å²) in [6, 6.07) is 21.9. The van der Waals surface area contributed by atoms with E-state index in [1.807, 2.05) is 48.5 Å². The zero-order valence-corrected chi connectivity index (χ0v) is 18.8. The molecule has 33 heavy (non-hydrogen) atoms. The molecule has 7 heteroatoms. The molecule has 0 atom stereocenters. The molecule has 0 unspecified atom stereocenters. The van der Waals surface area contributed by atoms with Gasteiger partial charge in [0.25, 0.3) is 5.91 Å². The van der Waals surface area contributed by atoms with Crippen molar-refractivity contribution in [3.8, 4) is 11.5 Å². The van der Waals surface area contributed by atoms with Gasteiger partial charge in [-0.15, -0.1) is 0 Å². The number of nitrogens with zero attached hydrogens (tertiary/aromatic N) is 1. The van der Waals surface area contributed by atoms with Crippen LogP contribution in [0.2, 0.25) is 5.02 Å². The van der Waals surface area contributed by atoms with Crippen LogP contribution in [0.1, 0.15) is 11.1 Å². The van der Waals surface area contributed by atoms with E-state index in [9.17, 15) is 9.59 Å². The molecule has 0 bridgehead atoms. The maximum Gasteiger partial charge on any atom is 0.294 e. The quantitative estimate of drug-likeness (QED) is 0.526. The summed E-state index contributed by atoms with van der Waals surface area (Å²) >= 11 is 5.91. The Morgan fingerprint density at radius 1 is 1.09 bits per heavy atom. The Balaban J connectivity index is 1.48. The lowest BCUT2D eigenvalue weighted by Crippen LogP contribution is -2.44. The van der Waals surface area contributed by atoms with Gasteiger partial charge in [-0.1, -0.05) is 48.0 Å². The minimum absolute atomic E-state index is 0.116. The highest BCUT2D eigenvalue weighted by molar-refractivity contribution is 6.30. The summed E-state index contributed by atoms with van der Waals surface area (Å²) in [5.41, 5.74) is 2.37. The number of benzene rings is 3. The Morgan fingerprint density at radius 3 is 2.67 bits per heavy atom. The average Bonchev–Trinajstić information content (AvgIpc) is 2.83. The Hall–Kier alpha value is -3.77. The smallest absolute Gasteiger partial charge is 0.294 e. The molecular weight excluding hydrogens is 440 g/mol. The summed E-state index contributed by atoms with van der Waals surface area (Å²) < 4.78 is 11.1. The van der Waals surface area contributed by atoms with E-state index in [1.165, 1.54) is 4.90 Å². The van der Waals surface area contributed by atoms with Crippen LogP contribution in [0.15, 0.2) is 78.6 Å². The van der Waals surface area contributed by atoms with Gasteiger partial charge in [0, 0.05) is 11.6 Å². The number of nitrogens with one attached hydrogen (secondary N) is 1. The van der Waals surface area contributed by atoms with E-state index in [-0.39, 0.29) is 24.1 Å². The molecule has 3 aromatic rings. The normalized spacial score (nSPS) is 13.9. The van der Waals surface area contributed by atoms with E-state index in [0.717, 1.165) is 11.1 Å². The SMILES string of the molecule is COc1cccc(C=C2Oc3ccccc3N(CC(=O)NCCc3ccc(Cl)cc3)C2=O)c1. The summed E-state index contributed by atoms with van der Waals surface area (Å²) in [6.45, 7) is 0.336. The number of rotatable bonds is 7. The predicted octanol–water partition coefficient (Wildman–Crippen LogP) is 4.47. The fourth-order valence-corrected chi connectivity index (χ4v) is 3.62. The van der Waals surface area contributed by atoms with Crippen LogP contribution >= 0.6 is 11.6 Å². The second kappa shape index (κ2) is 10.2. The van der Waals surface area contributed by atoms with Gasteiger partial charge in [-0.2, -0.15) is 0 Å². The maximum absolute atomic E-state index is 13.2. The molecule has 0 aromatic heterocycles. The average molecular weight is 463 g/mol. The number of hydrogen-bond donors (Lipinski definition) is 1. The zero-order valence-electron chi connectivity index (χ0n) is 18.1. The lowest BCUT2D eigenvalue weighted by Gasteiger charge is -2.30. The van der Waals surface area contributed by atoms with Crippen LogP contribution in [0.5, 0.6) is 11.5 Å². The van der Waals surface area contributed by atoms with Crippen molar-refractivity contribution in [1.82, 2.24) is 5.32 Å². The molecule has 6 nitrogen and oxygen atoms in total. The Labute approximate surface area is 197 Å². The fourth-order valence-electron chi connectivity index (χ4n) is 3.50. The van der Waals surface area contributed by atoms with Crippen LogP contribution in [-0.2, 0) is 16.0 Å². The fraction of sp³-hybridized carbons (Fsp3) is 0.154. The molecule has 0 aliphatic carbocycles.